The number of nitrogens with one attached hydrogen (secondary N) is 2. The van der Waals surface area contributed by atoms with Gasteiger partial charge in [0.25, 0.3) is 11.5 Å². The highest BCUT2D eigenvalue weighted by Crippen LogP contribution is 2.13. The molecule has 7 nitrogen and oxygen atoms in total. The Hall–Kier alpha value is -3.00. The number of benzene rings is 1. The summed E-state index contributed by atoms with van der Waals surface area (Å²) in [6.07, 6.45) is 2.98. The first-order chi connectivity index (χ1) is 13.6. The average Bonchev–Trinajstić information content (AvgIpc) is 3.21. The lowest BCUT2D eigenvalue weighted by Crippen LogP contribution is -2.43. The molecule has 0 spiro atoms. The molecule has 2 amide bonds. The summed E-state index contributed by atoms with van der Waals surface area (Å²) >= 11 is 1.47. The maximum absolute atomic E-state index is 12.7. The lowest BCUT2D eigenvalue weighted by molar-refractivity contribution is -0.121. The number of hydrazine groups is 1. The lowest BCUT2D eigenvalue weighted by atomic mass is 10.1. The van der Waals surface area contributed by atoms with Gasteiger partial charge in [-0.1, -0.05) is 44.0 Å². The van der Waals surface area contributed by atoms with Crippen molar-refractivity contribution in [1.29, 1.82) is 0 Å². The van der Waals surface area contributed by atoms with Crippen LogP contribution < -0.4 is 16.4 Å². The van der Waals surface area contributed by atoms with E-state index in [0.29, 0.717) is 17.3 Å². The molecule has 8 heteroatoms. The van der Waals surface area contributed by atoms with Crippen molar-refractivity contribution >= 4 is 33.9 Å². The number of fused-ring (bicyclic) bond motifs is 1. The number of carbonyl (C=O) groups is 2. The SMILES string of the molecule is CCCCCn1nc(C(=O)NNC(=O)Cc2cccs2)c2ccccc2c1=O. The molecule has 3 rings (SSSR count). The number of hydrogen-bond donors (Lipinski definition) is 2. The number of nitrogens with zero attached hydrogens (tertiary/aromatic N) is 2. The van der Waals surface area contributed by atoms with E-state index in [1.54, 1.807) is 24.3 Å². The number of carbonyl (C=O) groups excluding carboxylic acids is 2. The van der Waals surface area contributed by atoms with Crippen LogP contribution in [0, 0.1) is 0 Å². The zero-order chi connectivity index (χ0) is 19.9. The third kappa shape index (κ3) is 4.64. The Kier molecular flexibility index (Phi) is 6.54. The fourth-order valence-electron chi connectivity index (χ4n) is 2.87. The van der Waals surface area contributed by atoms with E-state index < -0.39 is 5.91 Å². The number of thiophene rings is 1. The van der Waals surface area contributed by atoms with Crippen LogP contribution in [0.2, 0.25) is 0 Å². The van der Waals surface area contributed by atoms with Crippen molar-refractivity contribution in [2.24, 2.45) is 0 Å². The largest absolute Gasteiger partial charge is 0.290 e. The number of rotatable bonds is 7. The van der Waals surface area contributed by atoms with Gasteiger partial charge in [-0.3, -0.25) is 25.2 Å². The molecule has 0 aliphatic heterocycles. The zero-order valence-electron chi connectivity index (χ0n) is 15.6. The highest BCUT2D eigenvalue weighted by molar-refractivity contribution is 7.10. The molecule has 0 fully saturated rings. The van der Waals surface area contributed by atoms with E-state index in [1.807, 2.05) is 17.5 Å². The fraction of sp³-hybridized carbons (Fsp3) is 0.300. The van der Waals surface area contributed by atoms with Gasteiger partial charge in [0.05, 0.1) is 11.8 Å². The van der Waals surface area contributed by atoms with E-state index in [4.69, 9.17) is 0 Å². The molecule has 28 heavy (non-hydrogen) atoms. The van der Waals surface area contributed by atoms with Gasteiger partial charge >= 0.3 is 0 Å². The van der Waals surface area contributed by atoms with Gasteiger partial charge in [-0.15, -0.1) is 11.3 Å². The standard InChI is InChI=1S/C20H22N4O3S/c1-2-3-6-11-24-20(27)16-10-5-4-9-15(16)18(23-24)19(26)22-21-17(25)13-14-8-7-12-28-14/h4-5,7-10,12H,2-3,6,11,13H2,1H3,(H,21,25)(H,22,26). The Balaban J connectivity index is 1.80. The Morgan fingerprint density at radius 2 is 1.86 bits per heavy atom. The van der Waals surface area contributed by atoms with Crippen LogP contribution >= 0.6 is 11.3 Å². The molecule has 0 saturated carbocycles. The first-order valence-electron chi connectivity index (χ1n) is 9.21. The quantitative estimate of drug-likeness (QED) is 0.473. The van der Waals surface area contributed by atoms with Gasteiger partial charge in [-0.05, 0) is 23.9 Å². The molecule has 2 aromatic heterocycles. The maximum atomic E-state index is 12.7. The monoisotopic (exact) mass is 398 g/mol. The van der Waals surface area contributed by atoms with Crippen LogP contribution in [-0.4, -0.2) is 21.6 Å². The predicted octanol–water partition coefficient (Wildman–Crippen LogP) is 2.65. The molecular formula is C20H22N4O3S. The van der Waals surface area contributed by atoms with E-state index in [0.717, 1.165) is 24.1 Å². The van der Waals surface area contributed by atoms with Crippen LogP contribution in [-0.2, 0) is 17.8 Å². The summed E-state index contributed by atoms with van der Waals surface area (Å²) in [6.45, 7) is 2.52. The fourth-order valence-corrected chi connectivity index (χ4v) is 3.57. The average molecular weight is 398 g/mol. The molecule has 0 aliphatic rings. The first-order valence-corrected chi connectivity index (χ1v) is 10.1. The number of aryl methyl sites for hydroxylation is 1. The molecule has 0 unspecified atom stereocenters. The number of aromatic nitrogens is 2. The summed E-state index contributed by atoms with van der Waals surface area (Å²) in [4.78, 5) is 38.2. The van der Waals surface area contributed by atoms with Gasteiger partial charge in [-0.25, -0.2) is 4.68 Å². The topological polar surface area (TPSA) is 93.1 Å². The van der Waals surface area contributed by atoms with Crippen molar-refractivity contribution < 1.29 is 9.59 Å². The van der Waals surface area contributed by atoms with Gasteiger partial charge in [0.15, 0.2) is 5.69 Å². The lowest BCUT2D eigenvalue weighted by Gasteiger charge is -2.11. The van der Waals surface area contributed by atoms with Crippen LogP contribution in [0.5, 0.6) is 0 Å². The van der Waals surface area contributed by atoms with Crippen molar-refractivity contribution in [2.75, 3.05) is 0 Å². The number of unbranched alkanes of at least 4 members (excludes halogenated alkanes) is 2. The Labute approximate surface area is 166 Å². The van der Waals surface area contributed by atoms with Crippen LogP contribution in [0.4, 0.5) is 0 Å². The molecule has 0 bridgehead atoms. The molecule has 0 radical (unpaired) electrons. The second kappa shape index (κ2) is 9.27. The van der Waals surface area contributed by atoms with Crippen LogP contribution in [0.15, 0.2) is 46.6 Å². The van der Waals surface area contributed by atoms with E-state index in [1.165, 1.54) is 16.0 Å². The van der Waals surface area contributed by atoms with Crippen LogP contribution in [0.3, 0.4) is 0 Å². The third-order valence-corrected chi connectivity index (χ3v) is 5.16. The van der Waals surface area contributed by atoms with E-state index in [9.17, 15) is 14.4 Å². The smallest absolute Gasteiger partial charge is 0.273 e. The second-order valence-electron chi connectivity index (χ2n) is 6.39. The van der Waals surface area contributed by atoms with Gasteiger partial charge < -0.3 is 0 Å². The molecule has 2 N–H and O–H groups in total. The summed E-state index contributed by atoms with van der Waals surface area (Å²) in [5.74, 6) is -0.878. The Morgan fingerprint density at radius 1 is 1.07 bits per heavy atom. The van der Waals surface area contributed by atoms with Crippen molar-refractivity contribution in [3.8, 4) is 0 Å². The Morgan fingerprint density at radius 3 is 2.57 bits per heavy atom. The minimum absolute atomic E-state index is 0.114. The summed E-state index contributed by atoms with van der Waals surface area (Å²) in [6, 6.07) is 10.6. The van der Waals surface area contributed by atoms with Crippen LogP contribution in [0.25, 0.3) is 10.8 Å². The Bertz CT molecular complexity index is 1030. The van der Waals surface area contributed by atoms with Gasteiger partial charge in [0.2, 0.25) is 5.91 Å². The summed E-state index contributed by atoms with van der Waals surface area (Å²) < 4.78 is 1.33. The van der Waals surface area contributed by atoms with Crippen molar-refractivity contribution in [1.82, 2.24) is 20.6 Å². The molecule has 146 valence electrons. The van der Waals surface area contributed by atoms with Crippen molar-refractivity contribution in [3.05, 3.63) is 62.7 Å². The molecule has 0 aliphatic carbocycles. The minimum Gasteiger partial charge on any atom is -0.273 e. The van der Waals surface area contributed by atoms with Crippen LogP contribution in [0.1, 0.15) is 41.6 Å². The maximum Gasteiger partial charge on any atom is 0.290 e. The molecule has 0 atom stereocenters. The summed E-state index contributed by atoms with van der Waals surface area (Å²) in [5.41, 5.74) is 4.71. The first kappa shape index (κ1) is 19.8. The normalized spacial score (nSPS) is 10.8. The third-order valence-electron chi connectivity index (χ3n) is 4.29. The number of hydrogen-bond acceptors (Lipinski definition) is 5. The zero-order valence-corrected chi connectivity index (χ0v) is 16.4. The van der Waals surface area contributed by atoms with Crippen molar-refractivity contribution in [3.63, 3.8) is 0 Å². The second-order valence-corrected chi connectivity index (χ2v) is 7.42. The van der Waals surface area contributed by atoms with Gasteiger partial charge in [-0.2, -0.15) is 5.10 Å². The van der Waals surface area contributed by atoms with E-state index in [2.05, 4.69) is 22.9 Å². The van der Waals surface area contributed by atoms with Gasteiger partial charge in [0.1, 0.15) is 0 Å². The van der Waals surface area contributed by atoms with E-state index >= 15 is 0 Å². The molecule has 3 aromatic rings. The highest BCUT2D eigenvalue weighted by Gasteiger charge is 2.17. The highest BCUT2D eigenvalue weighted by atomic mass is 32.1. The molecular weight excluding hydrogens is 376 g/mol. The van der Waals surface area contributed by atoms with E-state index in [-0.39, 0.29) is 23.6 Å². The summed E-state index contributed by atoms with van der Waals surface area (Å²) in [7, 11) is 0. The van der Waals surface area contributed by atoms with Gasteiger partial charge in [0, 0.05) is 16.8 Å². The molecule has 0 saturated heterocycles. The molecule has 1 aromatic carbocycles. The van der Waals surface area contributed by atoms with Crippen molar-refractivity contribution in [2.45, 2.75) is 39.2 Å². The minimum atomic E-state index is -0.556. The molecule has 2 heterocycles. The number of amides is 2. The summed E-state index contributed by atoms with van der Waals surface area (Å²) in [5, 5.41) is 7.05. The predicted molar refractivity (Wildman–Crippen MR) is 109 cm³/mol.